The Morgan fingerprint density at radius 2 is 1.87 bits per heavy atom. The predicted molar refractivity (Wildman–Crippen MR) is 112 cm³/mol. The summed E-state index contributed by atoms with van der Waals surface area (Å²) in [6, 6.07) is 4.45. The van der Waals surface area contributed by atoms with Gasteiger partial charge >= 0.3 is 6.61 Å². The Morgan fingerprint density at radius 3 is 2.48 bits per heavy atom. The molecule has 0 aromatic carbocycles. The normalized spacial score (nSPS) is 28.2. The maximum absolute atomic E-state index is 12.7. The first kappa shape index (κ1) is 20.6. The zero-order valence-electron chi connectivity index (χ0n) is 18.0. The van der Waals surface area contributed by atoms with E-state index in [9.17, 15) is 8.78 Å². The largest absolute Gasteiger partial charge is 0.431 e. The van der Waals surface area contributed by atoms with Gasteiger partial charge in [0.25, 0.3) is 0 Å². The van der Waals surface area contributed by atoms with Crippen LogP contribution in [0.5, 0.6) is 5.75 Å². The van der Waals surface area contributed by atoms with Gasteiger partial charge in [-0.05, 0) is 50.7 Å². The third-order valence-corrected chi connectivity index (χ3v) is 7.13. The molecule has 0 bridgehead atoms. The molecule has 5 rings (SSSR count). The maximum atomic E-state index is 12.7. The lowest BCUT2D eigenvalue weighted by atomic mass is 9.99. The SMILES string of the molecule is COC1CN([C@@H]2C[C@@H]3[C@H](C2)[C@H]3c2cc(-c3cnc(N)c(OC(F)F)c3)nn2C(C)C)C1. The third kappa shape index (κ3) is 3.67. The van der Waals surface area contributed by atoms with Gasteiger partial charge in [0.05, 0.1) is 11.8 Å². The van der Waals surface area contributed by atoms with Crippen LogP contribution in [0.4, 0.5) is 14.6 Å². The number of alkyl halides is 2. The average Bonchev–Trinajstić information content (AvgIpc) is 3.05. The molecule has 3 fully saturated rings. The molecule has 3 heterocycles. The van der Waals surface area contributed by atoms with E-state index in [-0.39, 0.29) is 17.6 Å². The topological polar surface area (TPSA) is 78.4 Å². The smallest absolute Gasteiger partial charge is 0.387 e. The number of anilines is 1. The van der Waals surface area contributed by atoms with Crippen LogP contribution in [-0.4, -0.2) is 58.6 Å². The molecule has 31 heavy (non-hydrogen) atoms. The van der Waals surface area contributed by atoms with Crippen LogP contribution in [0, 0.1) is 11.8 Å². The quantitative estimate of drug-likeness (QED) is 0.720. The lowest BCUT2D eigenvalue weighted by Crippen LogP contribution is -2.55. The van der Waals surface area contributed by atoms with Gasteiger partial charge in [0.2, 0.25) is 0 Å². The molecular weight excluding hydrogens is 404 g/mol. The second kappa shape index (κ2) is 7.70. The number of aromatic nitrogens is 3. The number of hydrogen-bond donors (Lipinski definition) is 1. The average molecular weight is 434 g/mol. The minimum Gasteiger partial charge on any atom is -0.431 e. The first-order valence-corrected chi connectivity index (χ1v) is 10.9. The van der Waals surface area contributed by atoms with E-state index in [2.05, 4.69) is 39.2 Å². The number of halogens is 2. The van der Waals surface area contributed by atoms with Crippen LogP contribution >= 0.6 is 0 Å². The molecule has 1 aliphatic heterocycles. The number of fused-ring (bicyclic) bond motifs is 1. The number of nitrogens with zero attached hydrogens (tertiary/aromatic N) is 4. The highest BCUT2D eigenvalue weighted by atomic mass is 19.3. The Bertz CT molecular complexity index is 947. The van der Waals surface area contributed by atoms with Crippen LogP contribution in [0.25, 0.3) is 11.3 Å². The van der Waals surface area contributed by atoms with Gasteiger partial charge in [-0.25, -0.2) is 4.98 Å². The number of pyridine rings is 1. The molecule has 9 heteroatoms. The Morgan fingerprint density at radius 1 is 1.16 bits per heavy atom. The predicted octanol–water partition coefficient (Wildman–Crippen LogP) is 3.53. The number of nitrogens with two attached hydrogens (primary N) is 1. The van der Waals surface area contributed by atoms with Crippen molar-refractivity contribution in [2.75, 3.05) is 25.9 Å². The van der Waals surface area contributed by atoms with Crippen molar-refractivity contribution < 1.29 is 18.3 Å². The van der Waals surface area contributed by atoms with Gasteiger partial charge in [-0.2, -0.15) is 13.9 Å². The van der Waals surface area contributed by atoms with Crippen molar-refractivity contribution in [2.45, 2.75) is 57.4 Å². The summed E-state index contributed by atoms with van der Waals surface area (Å²) < 4.78 is 37.3. The lowest BCUT2D eigenvalue weighted by Gasteiger charge is -2.43. The number of ether oxygens (including phenoxy) is 2. The summed E-state index contributed by atoms with van der Waals surface area (Å²) in [4.78, 5) is 6.57. The van der Waals surface area contributed by atoms with E-state index < -0.39 is 6.61 Å². The number of nitrogen functional groups attached to an aromatic ring is 1. The van der Waals surface area contributed by atoms with E-state index in [1.54, 1.807) is 13.3 Å². The van der Waals surface area contributed by atoms with E-state index >= 15 is 0 Å². The molecule has 2 aromatic rings. The van der Waals surface area contributed by atoms with E-state index in [4.69, 9.17) is 15.6 Å². The minimum atomic E-state index is -2.95. The monoisotopic (exact) mass is 433 g/mol. The summed E-state index contributed by atoms with van der Waals surface area (Å²) in [6.07, 6.45) is 4.40. The fourth-order valence-corrected chi connectivity index (χ4v) is 5.46. The summed E-state index contributed by atoms with van der Waals surface area (Å²) in [6.45, 7) is 3.36. The number of rotatable bonds is 7. The summed E-state index contributed by atoms with van der Waals surface area (Å²) in [7, 11) is 1.79. The summed E-state index contributed by atoms with van der Waals surface area (Å²) >= 11 is 0. The number of methoxy groups -OCH3 is 1. The van der Waals surface area contributed by atoms with Gasteiger partial charge in [0, 0.05) is 55.7 Å². The molecule has 2 aliphatic carbocycles. The van der Waals surface area contributed by atoms with Crippen molar-refractivity contribution in [3.8, 4) is 17.0 Å². The molecular formula is C22H29F2N5O2. The van der Waals surface area contributed by atoms with E-state index in [0.29, 0.717) is 41.2 Å². The highest BCUT2D eigenvalue weighted by Gasteiger charge is 2.59. The van der Waals surface area contributed by atoms with Crippen molar-refractivity contribution in [2.24, 2.45) is 11.8 Å². The first-order chi connectivity index (χ1) is 14.9. The van der Waals surface area contributed by atoms with Crippen molar-refractivity contribution in [3.63, 3.8) is 0 Å². The maximum Gasteiger partial charge on any atom is 0.387 e. The summed E-state index contributed by atoms with van der Waals surface area (Å²) in [5.74, 6) is 1.71. The molecule has 0 amide bonds. The van der Waals surface area contributed by atoms with Crippen molar-refractivity contribution in [1.82, 2.24) is 19.7 Å². The molecule has 4 atom stereocenters. The van der Waals surface area contributed by atoms with E-state index in [1.165, 1.54) is 24.6 Å². The highest BCUT2D eigenvalue weighted by molar-refractivity contribution is 5.64. The van der Waals surface area contributed by atoms with Crippen LogP contribution < -0.4 is 10.5 Å². The third-order valence-electron chi connectivity index (χ3n) is 7.13. The Balaban J connectivity index is 1.34. The molecule has 0 spiro atoms. The van der Waals surface area contributed by atoms with Crippen LogP contribution in [0.3, 0.4) is 0 Å². The van der Waals surface area contributed by atoms with Gasteiger partial charge in [0.15, 0.2) is 11.6 Å². The first-order valence-electron chi connectivity index (χ1n) is 10.9. The van der Waals surface area contributed by atoms with Crippen LogP contribution in [-0.2, 0) is 4.74 Å². The zero-order valence-corrected chi connectivity index (χ0v) is 18.0. The Labute approximate surface area is 180 Å². The second-order valence-corrected chi connectivity index (χ2v) is 9.27. The molecule has 168 valence electrons. The second-order valence-electron chi connectivity index (χ2n) is 9.27. The molecule has 7 nitrogen and oxygen atoms in total. The summed E-state index contributed by atoms with van der Waals surface area (Å²) in [5, 5.41) is 4.79. The molecule has 0 radical (unpaired) electrons. The minimum absolute atomic E-state index is 0.0583. The number of likely N-dealkylation sites (tertiary alicyclic amines) is 1. The molecule has 0 unspecified atom stereocenters. The van der Waals surface area contributed by atoms with Crippen LogP contribution in [0.2, 0.25) is 0 Å². The molecule has 2 aromatic heterocycles. The van der Waals surface area contributed by atoms with E-state index in [1.807, 2.05) is 0 Å². The molecule has 1 saturated heterocycles. The lowest BCUT2D eigenvalue weighted by molar-refractivity contribution is -0.0516. The molecule has 2 N–H and O–H groups in total. The van der Waals surface area contributed by atoms with E-state index in [0.717, 1.165) is 13.1 Å². The van der Waals surface area contributed by atoms with Crippen molar-refractivity contribution in [1.29, 1.82) is 0 Å². The van der Waals surface area contributed by atoms with Crippen molar-refractivity contribution >= 4 is 5.82 Å². The van der Waals surface area contributed by atoms with Crippen LogP contribution in [0.1, 0.15) is 44.3 Å². The molecule has 3 aliphatic rings. The fourth-order valence-electron chi connectivity index (χ4n) is 5.46. The van der Waals surface area contributed by atoms with Gasteiger partial charge in [-0.3, -0.25) is 9.58 Å². The number of hydrogen-bond acceptors (Lipinski definition) is 6. The van der Waals surface area contributed by atoms with Gasteiger partial charge in [-0.1, -0.05) is 0 Å². The zero-order chi connectivity index (χ0) is 21.9. The summed E-state index contributed by atoms with van der Waals surface area (Å²) in [5.41, 5.74) is 8.25. The fraction of sp³-hybridized carbons (Fsp3) is 0.636. The Kier molecular flexibility index (Phi) is 5.13. The van der Waals surface area contributed by atoms with Gasteiger partial charge in [-0.15, -0.1) is 0 Å². The van der Waals surface area contributed by atoms with Gasteiger partial charge in [0.1, 0.15) is 0 Å². The van der Waals surface area contributed by atoms with Gasteiger partial charge < -0.3 is 15.2 Å². The Hall–Kier alpha value is -2.26. The van der Waals surface area contributed by atoms with Crippen LogP contribution in [0.15, 0.2) is 18.3 Å². The standard InChI is InChI=1S/C22H29F2N5O2/c1-11(2)29-18(20-15-5-13(6-16(15)20)28-9-14(10-28)30-3)7-17(27-29)12-4-19(31-22(23)24)21(25)26-8-12/h4,7-8,11,13-16,20,22H,5-6,9-10H2,1-3H3,(H2,25,26)/t13-,15-,16+,20+. The molecule has 2 saturated carbocycles. The highest BCUT2D eigenvalue weighted by Crippen LogP contribution is 2.64. The van der Waals surface area contributed by atoms with Crippen molar-refractivity contribution in [3.05, 3.63) is 24.0 Å².